The van der Waals surface area contributed by atoms with Crippen LogP contribution in [0.5, 0.6) is 0 Å². The van der Waals surface area contributed by atoms with Crippen LogP contribution in [0.3, 0.4) is 0 Å². The molecule has 1 aromatic carbocycles. The Hall–Kier alpha value is -1.92. The van der Waals surface area contributed by atoms with Crippen LogP contribution in [0.25, 0.3) is 11.4 Å². The van der Waals surface area contributed by atoms with E-state index in [1.807, 2.05) is 24.3 Å². The average molecular weight is 361 g/mol. The van der Waals surface area contributed by atoms with Crippen molar-refractivity contribution in [1.29, 1.82) is 0 Å². The standard InChI is InChI=1S/C18H21ClN4O2/c19-14-5-3-12(4-6-14)17-21-16(25-22-17)11-23-9-7-15(8-10-23)20-18(24)13-1-2-13/h3-6,13,15H,1-2,7-11H2,(H,20,24). The van der Waals surface area contributed by atoms with Gasteiger partial charge in [-0.2, -0.15) is 4.98 Å². The molecular formula is C18H21ClN4O2. The van der Waals surface area contributed by atoms with Crippen LogP contribution in [0.4, 0.5) is 0 Å². The number of likely N-dealkylation sites (tertiary alicyclic amines) is 1. The first-order chi connectivity index (χ1) is 12.2. The number of piperidine rings is 1. The van der Waals surface area contributed by atoms with Gasteiger partial charge in [-0.15, -0.1) is 0 Å². The highest BCUT2D eigenvalue weighted by Crippen LogP contribution is 2.29. The van der Waals surface area contributed by atoms with Crippen LogP contribution in [0.2, 0.25) is 5.02 Å². The minimum atomic E-state index is 0.239. The molecule has 1 aliphatic carbocycles. The van der Waals surface area contributed by atoms with Crippen LogP contribution < -0.4 is 5.32 Å². The van der Waals surface area contributed by atoms with Crippen molar-refractivity contribution < 1.29 is 9.32 Å². The summed E-state index contributed by atoms with van der Waals surface area (Å²) in [7, 11) is 0. The quantitative estimate of drug-likeness (QED) is 0.887. The van der Waals surface area contributed by atoms with Gasteiger partial charge in [-0.05, 0) is 49.9 Å². The molecule has 1 N–H and O–H groups in total. The third kappa shape index (κ3) is 4.19. The molecule has 4 rings (SSSR count). The zero-order valence-corrected chi connectivity index (χ0v) is 14.7. The maximum atomic E-state index is 11.8. The second kappa shape index (κ2) is 7.14. The third-order valence-electron chi connectivity index (χ3n) is 4.81. The van der Waals surface area contributed by atoms with Crippen LogP contribution in [-0.2, 0) is 11.3 Å². The molecule has 1 amide bonds. The molecule has 1 saturated carbocycles. The molecule has 25 heavy (non-hydrogen) atoms. The number of nitrogens with one attached hydrogen (secondary N) is 1. The minimum absolute atomic E-state index is 0.239. The predicted molar refractivity (Wildman–Crippen MR) is 93.9 cm³/mol. The van der Waals surface area contributed by atoms with Gasteiger partial charge in [-0.1, -0.05) is 16.8 Å². The SMILES string of the molecule is O=C(NC1CCN(Cc2nc(-c3ccc(Cl)cc3)no2)CC1)C1CC1. The molecule has 0 atom stereocenters. The van der Waals surface area contributed by atoms with Crippen molar-refractivity contribution in [2.75, 3.05) is 13.1 Å². The smallest absolute Gasteiger partial charge is 0.241 e. The fourth-order valence-electron chi connectivity index (χ4n) is 3.13. The Bertz CT molecular complexity index is 734. The van der Waals surface area contributed by atoms with E-state index in [4.69, 9.17) is 16.1 Å². The monoisotopic (exact) mass is 360 g/mol. The van der Waals surface area contributed by atoms with Crippen LogP contribution >= 0.6 is 11.6 Å². The van der Waals surface area contributed by atoms with Gasteiger partial charge in [-0.3, -0.25) is 9.69 Å². The molecule has 0 bridgehead atoms. The molecule has 132 valence electrons. The molecule has 1 aromatic heterocycles. The highest BCUT2D eigenvalue weighted by Gasteiger charge is 2.31. The van der Waals surface area contributed by atoms with Gasteiger partial charge >= 0.3 is 0 Å². The van der Waals surface area contributed by atoms with Crippen molar-refractivity contribution in [3.63, 3.8) is 0 Å². The van der Waals surface area contributed by atoms with Gasteiger partial charge in [0.05, 0.1) is 6.54 Å². The average Bonchev–Trinajstić information content (AvgIpc) is 3.38. The topological polar surface area (TPSA) is 71.3 Å². The molecule has 0 radical (unpaired) electrons. The van der Waals surface area contributed by atoms with E-state index in [1.165, 1.54) is 0 Å². The number of carbonyl (C=O) groups is 1. The summed E-state index contributed by atoms with van der Waals surface area (Å²) in [5.41, 5.74) is 0.890. The number of amides is 1. The Morgan fingerprint density at radius 3 is 2.60 bits per heavy atom. The van der Waals surface area contributed by atoms with Crippen molar-refractivity contribution in [3.05, 3.63) is 35.2 Å². The molecule has 2 aromatic rings. The molecule has 2 aliphatic rings. The zero-order chi connectivity index (χ0) is 17.2. The summed E-state index contributed by atoms with van der Waals surface area (Å²) in [4.78, 5) is 18.6. The second-order valence-corrected chi connectivity index (χ2v) is 7.29. The largest absolute Gasteiger partial charge is 0.353 e. The minimum Gasteiger partial charge on any atom is -0.353 e. The maximum absolute atomic E-state index is 11.8. The summed E-state index contributed by atoms with van der Waals surface area (Å²) in [6, 6.07) is 7.69. The van der Waals surface area contributed by atoms with Gasteiger partial charge in [0.15, 0.2) is 0 Å². The molecule has 2 heterocycles. The molecule has 0 unspecified atom stereocenters. The number of benzene rings is 1. The van der Waals surface area contributed by atoms with Crippen molar-refractivity contribution >= 4 is 17.5 Å². The first kappa shape index (κ1) is 16.5. The van der Waals surface area contributed by atoms with E-state index in [9.17, 15) is 4.79 Å². The van der Waals surface area contributed by atoms with E-state index in [0.29, 0.717) is 29.3 Å². The third-order valence-corrected chi connectivity index (χ3v) is 5.06. The number of carbonyl (C=O) groups excluding carboxylic acids is 1. The summed E-state index contributed by atoms with van der Waals surface area (Å²) >= 11 is 5.90. The Morgan fingerprint density at radius 1 is 1.20 bits per heavy atom. The van der Waals surface area contributed by atoms with E-state index < -0.39 is 0 Å². The van der Waals surface area contributed by atoms with Crippen molar-refractivity contribution in [3.8, 4) is 11.4 Å². The lowest BCUT2D eigenvalue weighted by molar-refractivity contribution is -0.123. The first-order valence-electron chi connectivity index (χ1n) is 8.78. The number of hydrogen-bond acceptors (Lipinski definition) is 5. The Kier molecular flexibility index (Phi) is 4.72. The number of nitrogens with zero attached hydrogens (tertiary/aromatic N) is 3. The van der Waals surface area contributed by atoms with Gasteiger partial charge in [0.2, 0.25) is 17.6 Å². The van der Waals surface area contributed by atoms with E-state index in [0.717, 1.165) is 44.3 Å². The number of rotatable bonds is 5. The Balaban J connectivity index is 1.28. The summed E-state index contributed by atoms with van der Waals surface area (Å²) in [6.07, 6.45) is 4.04. The number of aromatic nitrogens is 2. The van der Waals surface area contributed by atoms with E-state index in [1.54, 1.807) is 0 Å². The summed E-state index contributed by atoms with van der Waals surface area (Å²) in [6.45, 7) is 2.49. The summed E-state index contributed by atoms with van der Waals surface area (Å²) in [5, 5.41) is 7.90. The molecule has 2 fully saturated rings. The summed E-state index contributed by atoms with van der Waals surface area (Å²) < 4.78 is 5.38. The highest BCUT2D eigenvalue weighted by atomic mass is 35.5. The lowest BCUT2D eigenvalue weighted by Crippen LogP contribution is -2.44. The second-order valence-electron chi connectivity index (χ2n) is 6.85. The van der Waals surface area contributed by atoms with Crippen LogP contribution in [0.15, 0.2) is 28.8 Å². The fraction of sp³-hybridized carbons (Fsp3) is 0.500. The van der Waals surface area contributed by atoms with Gasteiger partial charge in [0, 0.05) is 35.6 Å². The maximum Gasteiger partial charge on any atom is 0.241 e. The van der Waals surface area contributed by atoms with Crippen molar-refractivity contribution in [2.24, 2.45) is 5.92 Å². The molecule has 6 nitrogen and oxygen atoms in total. The van der Waals surface area contributed by atoms with Crippen LogP contribution in [0, 0.1) is 5.92 Å². The van der Waals surface area contributed by atoms with E-state index >= 15 is 0 Å². The van der Waals surface area contributed by atoms with Gasteiger partial charge in [0.25, 0.3) is 0 Å². The Morgan fingerprint density at radius 2 is 1.92 bits per heavy atom. The van der Waals surface area contributed by atoms with Crippen molar-refractivity contribution in [2.45, 2.75) is 38.3 Å². The summed E-state index contributed by atoms with van der Waals surface area (Å²) in [5.74, 6) is 1.72. The molecular weight excluding hydrogens is 340 g/mol. The Labute approximate surface area is 151 Å². The normalized spacial score (nSPS) is 19.1. The van der Waals surface area contributed by atoms with Gasteiger partial charge in [-0.25, -0.2) is 0 Å². The van der Waals surface area contributed by atoms with Gasteiger partial charge in [0.1, 0.15) is 0 Å². The highest BCUT2D eigenvalue weighted by molar-refractivity contribution is 6.30. The van der Waals surface area contributed by atoms with E-state index in [-0.39, 0.29) is 11.8 Å². The number of hydrogen-bond donors (Lipinski definition) is 1. The van der Waals surface area contributed by atoms with Crippen LogP contribution in [0.1, 0.15) is 31.6 Å². The lowest BCUT2D eigenvalue weighted by atomic mass is 10.0. The van der Waals surface area contributed by atoms with Gasteiger partial charge < -0.3 is 9.84 Å². The molecule has 0 spiro atoms. The van der Waals surface area contributed by atoms with Crippen LogP contribution in [-0.4, -0.2) is 40.1 Å². The first-order valence-corrected chi connectivity index (χ1v) is 9.16. The number of halogens is 1. The molecule has 1 aliphatic heterocycles. The lowest BCUT2D eigenvalue weighted by Gasteiger charge is -2.31. The fourth-order valence-corrected chi connectivity index (χ4v) is 3.25. The zero-order valence-electron chi connectivity index (χ0n) is 13.9. The predicted octanol–water partition coefficient (Wildman–Crippen LogP) is 2.88. The molecule has 1 saturated heterocycles. The van der Waals surface area contributed by atoms with Crippen molar-refractivity contribution in [1.82, 2.24) is 20.4 Å². The molecule has 7 heteroatoms. The van der Waals surface area contributed by atoms with E-state index in [2.05, 4.69) is 20.4 Å².